The van der Waals surface area contributed by atoms with Crippen LogP contribution in [-0.4, -0.2) is 10.9 Å². The summed E-state index contributed by atoms with van der Waals surface area (Å²) in [5.41, 5.74) is 3.72. The number of carbonyl (C=O) groups excluding carboxylic acids is 1. The van der Waals surface area contributed by atoms with Gasteiger partial charge in [0.2, 0.25) is 0 Å². The van der Waals surface area contributed by atoms with Gasteiger partial charge in [0.1, 0.15) is 15.7 Å². The van der Waals surface area contributed by atoms with Crippen molar-refractivity contribution in [1.29, 1.82) is 0 Å². The Morgan fingerprint density at radius 2 is 1.83 bits per heavy atom. The number of hydrogen-bond acceptors (Lipinski definition) is 3. The number of benzene rings is 2. The highest BCUT2D eigenvalue weighted by molar-refractivity contribution is 7.17. The number of rotatable bonds is 4. The molecule has 0 aliphatic carbocycles. The van der Waals surface area contributed by atoms with E-state index < -0.39 is 0 Å². The molecule has 24 heavy (non-hydrogen) atoms. The highest BCUT2D eigenvalue weighted by Crippen LogP contribution is 2.28. The zero-order valence-corrected chi connectivity index (χ0v) is 14.3. The summed E-state index contributed by atoms with van der Waals surface area (Å²) in [6.45, 7) is 4.31. The molecule has 0 radical (unpaired) electrons. The van der Waals surface area contributed by atoms with E-state index in [0.29, 0.717) is 22.1 Å². The number of aromatic nitrogens is 1. The first kappa shape index (κ1) is 16.3. The second kappa shape index (κ2) is 6.93. The average Bonchev–Trinajstić information content (AvgIpc) is 2.96. The van der Waals surface area contributed by atoms with Crippen LogP contribution in [0.15, 0.2) is 48.5 Å². The fraction of sp³-hybridized carbons (Fsp3) is 0.158. The number of thiazole rings is 1. The van der Waals surface area contributed by atoms with E-state index in [2.05, 4.69) is 10.3 Å². The SMILES string of the molecule is Cc1ccccc1CNC(=O)c1sc(-c2ccc(F)cc2)nc1C. The van der Waals surface area contributed by atoms with Crippen LogP contribution in [0, 0.1) is 19.7 Å². The molecule has 1 N–H and O–H groups in total. The Labute approximate surface area is 144 Å². The van der Waals surface area contributed by atoms with Crippen molar-refractivity contribution >= 4 is 17.2 Å². The molecule has 0 aliphatic rings. The monoisotopic (exact) mass is 340 g/mol. The number of carbonyl (C=O) groups is 1. The van der Waals surface area contributed by atoms with Gasteiger partial charge in [-0.05, 0) is 49.2 Å². The molecular weight excluding hydrogens is 323 g/mol. The molecule has 0 fully saturated rings. The Hall–Kier alpha value is -2.53. The van der Waals surface area contributed by atoms with Crippen molar-refractivity contribution in [2.24, 2.45) is 0 Å². The lowest BCUT2D eigenvalue weighted by molar-refractivity contribution is 0.0954. The van der Waals surface area contributed by atoms with Crippen LogP contribution in [0.3, 0.4) is 0 Å². The molecule has 2 aromatic carbocycles. The average molecular weight is 340 g/mol. The largest absolute Gasteiger partial charge is 0.347 e. The summed E-state index contributed by atoms with van der Waals surface area (Å²) in [7, 11) is 0. The first-order chi connectivity index (χ1) is 11.5. The van der Waals surface area contributed by atoms with Gasteiger partial charge in [-0.15, -0.1) is 11.3 Å². The van der Waals surface area contributed by atoms with Gasteiger partial charge in [0, 0.05) is 12.1 Å². The van der Waals surface area contributed by atoms with Crippen LogP contribution >= 0.6 is 11.3 Å². The minimum absolute atomic E-state index is 0.137. The Morgan fingerprint density at radius 3 is 2.54 bits per heavy atom. The van der Waals surface area contributed by atoms with Gasteiger partial charge < -0.3 is 5.32 Å². The molecule has 3 aromatic rings. The lowest BCUT2D eigenvalue weighted by Crippen LogP contribution is -2.22. The van der Waals surface area contributed by atoms with Crippen molar-refractivity contribution in [3.05, 3.63) is 76.0 Å². The summed E-state index contributed by atoms with van der Waals surface area (Å²) < 4.78 is 13.0. The van der Waals surface area contributed by atoms with E-state index in [4.69, 9.17) is 0 Å². The first-order valence-electron chi connectivity index (χ1n) is 7.60. The van der Waals surface area contributed by atoms with E-state index in [0.717, 1.165) is 16.7 Å². The van der Waals surface area contributed by atoms with Crippen LogP contribution in [0.5, 0.6) is 0 Å². The Kier molecular flexibility index (Phi) is 4.71. The molecule has 1 heterocycles. The summed E-state index contributed by atoms with van der Waals surface area (Å²) in [6.07, 6.45) is 0. The van der Waals surface area contributed by atoms with Crippen LogP contribution in [0.2, 0.25) is 0 Å². The molecule has 3 nitrogen and oxygen atoms in total. The summed E-state index contributed by atoms with van der Waals surface area (Å²) in [4.78, 5) is 17.5. The van der Waals surface area contributed by atoms with Crippen molar-refractivity contribution in [2.45, 2.75) is 20.4 Å². The Balaban J connectivity index is 1.76. The molecule has 3 rings (SSSR count). The summed E-state index contributed by atoms with van der Waals surface area (Å²) in [5, 5.41) is 3.66. The lowest BCUT2D eigenvalue weighted by Gasteiger charge is -2.07. The molecule has 1 aromatic heterocycles. The second-order valence-corrected chi connectivity index (χ2v) is 6.55. The van der Waals surface area contributed by atoms with Gasteiger partial charge in [-0.1, -0.05) is 24.3 Å². The van der Waals surface area contributed by atoms with E-state index in [1.807, 2.05) is 38.1 Å². The maximum Gasteiger partial charge on any atom is 0.263 e. The molecule has 1 amide bonds. The number of nitrogens with one attached hydrogen (secondary N) is 1. The normalized spacial score (nSPS) is 10.6. The fourth-order valence-electron chi connectivity index (χ4n) is 2.39. The second-order valence-electron chi connectivity index (χ2n) is 5.55. The zero-order chi connectivity index (χ0) is 17.1. The molecule has 0 atom stereocenters. The van der Waals surface area contributed by atoms with Crippen LogP contribution < -0.4 is 5.32 Å². The fourth-order valence-corrected chi connectivity index (χ4v) is 3.38. The third-order valence-corrected chi connectivity index (χ3v) is 5.00. The first-order valence-corrected chi connectivity index (χ1v) is 8.42. The van der Waals surface area contributed by atoms with E-state index in [9.17, 15) is 9.18 Å². The molecule has 0 saturated carbocycles. The number of aryl methyl sites for hydroxylation is 2. The minimum atomic E-state index is -0.289. The van der Waals surface area contributed by atoms with Crippen LogP contribution in [0.1, 0.15) is 26.5 Å². The molecule has 122 valence electrons. The molecule has 0 unspecified atom stereocenters. The van der Waals surface area contributed by atoms with Gasteiger partial charge in [0.05, 0.1) is 5.69 Å². The van der Waals surface area contributed by atoms with Gasteiger partial charge in [0.15, 0.2) is 0 Å². The maximum atomic E-state index is 13.0. The smallest absolute Gasteiger partial charge is 0.263 e. The van der Waals surface area contributed by atoms with Crippen molar-refractivity contribution in [3.8, 4) is 10.6 Å². The van der Waals surface area contributed by atoms with E-state index in [1.54, 1.807) is 12.1 Å². The van der Waals surface area contributed by atoms with Gasteiger partial charge in [-0.2, -0.15) is 0 Å². The van der Waals surface area contributed by atoms with Crippen LogP contribution in [-0.2, 0) is 6.54 Å². The van der Waals surface area contributed by atoms with Gasteiger partial charge in [0.25, 0.3) is 5.91 Å². The van der Waals surface area contributed by atoms with Crippen LogP contribution in [0.25, 0.3) is 10.6 Å². The van der Waals surface area contributed by atoms with E-state index >= 15 is 0 Å². The molecule has 0 saturated heterocycles. The standard InChI is InChI=1S/C19H17FN2OS/c1-12-5-3-4-6-15(12)11-21-18(23)17-13(2)22-19(24-17)14-7-9-16(20)10-8-14/h3-10H,11H2,1-2H3,(H,21,23). The Bertz CT molecular complexity index is 871. The molecular formula is C19H17FN2OS. The maximum absolute atomic E-state index is 13.0. The zero-order valence-electron chi connectivity index (χ0n) is 13.5. The number of hydrogen-bond donors (Lipinski definition) is 1. The minimum Gasteiger partial charge on any atom is -0.347 e. The van der Waals surface area contributed by atoms with Crippen LogP contribution in [0.4, 0.5) is 4.39 Å². The van der Waals surface area contributed by atoms with Crippen molar-refractivity contribution in [3.63, 3.8) is 0 Å². The molecule has 5 heteroatoms. The summed E-state index contributed by atoms with van der Waals surface area (Å²) in [5.74, 6) is -0.426. The predicted octanol–water partition coefficient (Wildman–Crippen LogP) is 4.50. The topological polar surface area (TPSA) is 42.0 Å². The molecule has 0 spiro atoms. The van der Waals surface area contributed by atoms with Crippen molar-refractivity contribution in [2.75, 3.05) is 0 Å². The van der Waals surface area contributed by atoms with Gasteiger partial charge in [-0.25, -0.2) is 9.37 Å². The lowest BCUT2D eigenvalue weighted by atomic mass is 10.1. The number of nitrogens with zero attached hydrogens (tertiary/aromatic N) is 1. The van der Waals surface area contributed by atoms with E-state index in [-0.39, 0.29) is 11.7 Å². The van der Waals surface area contributed by atoms with Crippen molar-refractivity contribution < 1.29 is 9.18 Å². The number of amides is 1. The highest BCUT2D eigenvalue weighted by atomic mass is 32.1. The van der Waals surface area contributed by atoms with Crippen molar-refractivity contribution in [1.82, 2.24) is 10.3 Å². The predicted molar refractivity (Wildman–Crippen MR) is 94.6 cm³/mol. The third kappa shape index (κ3) is 3.51. The number of halogens is 1. The summed E-state index contributed by atoms with van der Waals surface area (Å²) in [6, 6.07) is 14.1. The third-order valence-electron chi connectivity index (χ3n) is 3.79. The van der Waals surface area contributed by atoms with Gasteiger partial charge >= 0.3 is 0 Å². The van der Waals surface area contributed by atoms with E-state index in [1.165, 1.54) is 23.5 Å². The highest BCUT2D eigenvalue weighted by Gasteiger charge is 2.16. The summed E-state index contributed by atoms with van der Waals surface area (Å²) >= 11 is 1.32. The molecule has 0 aliphatic heterocycles. The molecule has 0 bridgehead atoms. The Morgan fingerprint density at radius 1 is 1.12 bits per heavy atom. The van der Waals surface area contributed by atoms with Gasteiger partial charge in [-0.3, -0.25) is 4.79 Å². The quantitative estimate of drug-likeness (QED) is 0.760.